The van der Waals surface area contributed by atoms with Crippen LogP contribution in [0.2, 0.25) is 0 Å². The van der Waals surface area contributed by atoms with E-state index >= 15 is 0 Å². The van der Waals surface area contributed by atoms with Gasteiger partial charge in [0, 0.05) is 45.1 Å². The first-order valence-corrected chi connectivity index (χ1v) is 9.45. The van der Waals surface area contributed by atoms with E-state index in [1.807, 2.05) is 10.9 Å². The van der Waals surface area contributed by atoms with Crippen molar-refractivity contribution in [3.63, 3.8) is 0 Å². The Balaban J connectivity index is 1.52. The molecule has 1 aromatic carbocycles. The lowest BCUT2D eigenvalue weighted by Gasteiger charge is -2.25. The highest BCUT2D eigenvalue weighted by Gasteiger charge is 2.16. The van der Waals surface area contributed by atoms with Crippen LogP contribution >= 0.6 is 0 Å². The van der Waals surface area contributed by atoms with Crippen LogP contribution in [-0.4, -0.2) is 60.5 Å². The molecule has 1 aromatic heterocycles. The van der Waals surface area contributed by atoms with E-state index < -0.39 is 0 Å². The van der Waals surface area contributed by atoms with Gasteiger partial charge in [0.05, 0.1) is 18.4 Å². The summed E-state index contributed by atoms with van der Waals surface area (Å²) in [7, 11) is 1.67. The van der Waals surface area contributed by atoms with Crippen molar-refractivity contribution in [2.45, 2.75) is 19.8 Å². The molecule has 1 amide bonds. The number of carbonyl (C=O) groups excluding carboxylic acids is 1. The molecule has 144 valence electrons. The molecule has 6 heteroatoms. The topological polar surface area (TPSA) is 59.4 Å². The molecule has 1 aliphatic heterocycles. The number of nitrogens with one attached hydrogen (secondary N) is 1. The van der Waals surface area contributed by atoms with Gasteiger partial charge in [0.15, 0.2) is 0 Å². The van der Waals surface area contributed by atoms with Crippen molar-refractivity contribution >= 4 is 11.5 Å². The zero-order valence-corrected chi connectivity index (χ0v) is 16.1. The summed E-state index contributed by atoms with van der Waals surface area (Å²) in [5.74, 6) is 0.0788. The van der Waals surface area contributed by atoms with Crippen LogP contribution in [0.4, 0.5) is 0 Å². The van der Waals surface area contributed by atoms with Crippen LogP contribution in [0.3, 0.4) is 0 Å². The molecule has 0 fully saturated rings. The van der Waals surface area contributed by atoms with Crippen molar-refractivity contribution in [3.8, 4) is 5.69 Å². The lowest BCUT2D eigenvalue weighted by Crippen LogP contribution is -2.39. The second kappa shape index (κ2) is 9.48. The van der Waals surface area contributed by atoms with E-state index in [-0.39, 0.29) is 5.91 Å². The number of aromatic nitrogens is 2. The SMILES string of the molecule is COCCCNC(=O)CN1CC=C(c2cnn(-c3ccc(C)cc3)c2)CC1. The Bertz CT molecular complexity index is 780. The third-order valence-corrected chi connectivity index (χ3v) is 4.76. The number of rotatable bonds is 8. The normalized spacial score (nSPS) is 14.8. The van der Waals surface area contributed by atoms with Crippen LogP contribution in [0.25, 0.3) is 11.3 Å². The minimum absolute atomic E-state index is 0.0788. The smallest absolute Gasteiger partial charge is 0.234 e. The van der Waals surface area contributed by atoms with E-state index in [2.05, 4.69) is 58.8 Å². The minimum atomic E-state index is 0.0788. The average molecular weight is 368 g/mol. The van der Waals surface area contributed by atoms with Gasteiger partial charge in [-0.05, 0) is 37.5 Å². The number of carbonyl (C=O) groups is 1. The van der Waals surface area contributed by atoms with Crippen LogP contribution in [0.5, 0.6) is 0 Å². The van der Waals surface area contributed by atoms with Gasteiger partial charge in [0.2, 0.25) is 5.91 Å². The van der Waals surface area contributed by atoms with Gasteiger partial charge in [-0.25, -0.2) is 4.68 Å². The van der Waals surface area contributed by atoms with Gasteiger partial charge < -0.3 is 10.1 Å². The molecule has 0 atom stereocenters. The molecule has 0 saturated carbocycles. The Hall–Kier alpha value is -2.44. The minimum Gasteiger partial charge on any atom is -0.385 e. The number of ether oxygens (including phenoxy) is 1. The van der Waals surface area contributed by atoms with Crippen LogP contribution in [0.15, 0.2) is 42.7 Å². The van der Waals surface area contributed by atoms with Crippen LogP contribution < -0.4 is 5.32 Å². The fraction of sp³-hybridized carbons (Fsp3) is 0.429. The molecule has 0 radical (unpaired) electrons. The van der Waals surface area contributed by atoms with Crippen molar-refractivity contribution in [2.24, 2.45) is 0 Å². The summed E-state index contributed by atoms with van der Waals surface area (Å²) < 4.78 is 6.90. The summed E-state index contributed by atoms with van der Waals surface area (Å²) in [5.41, 5.74) is 4.75. The summed E-state index contributed by atoms with van der Waals surface area (Å²) in [6.07, 6.45) is 7.98. The predicted octanol–water partition coefficient (Wildman–Crippen LogP) is 2.42. The molecule has 3 rings (SSSR count). The second-order valence-electron chi connectivity index (χ2n) is 6.92. The maximum atomic E-state index is 12.0. The summed E-state index contributed by atoms with van der Waals surface area (Å²) in [6.45, 7) is 5.53. The molecule has 27 heavy (non-hydrogen) atoms. The van der Waals surface area contributed by atoms with E-state index in [1.54, 1.807) is 7.11 Å². The van der Waals surface area contributed by atoms with Gasteiger partial charge in [0.1, 0.15) is 0 Å². The number of hydrogen-bond donors (Lipinski definition) is 1. The van der Waals surface area contributed by atoms with Crippen molar-refractivity contribution in [1.82, 2.24) is 20.0 Å². The van der Waals surface area contributed by atoms with E-state index in [4.69, 9.17) is 4.74 Å². The molecule has 1 N–H and O–H groups in total. The maximum absolute atomic E-state index is 12.0. The number of nitrogens with zero attached hydrogens (tertiary/aromatic N) is 3. The van der Waals surface area contributed by atoms with Crippen molar-refractivity contribution in [1.29, 1.82) is 0 Å². The zero-order chi connectivity index (χ0) is 19.1. The molecular weight excluding hydrogens is 340 g/mol. The monoisotopic (exact) mass is 368 g/mol. The van der Waals surface area contributed by atoms with Gasteiger partial charge in [-0.2, -0.15) is 5.10 Å². The number of hydrogen-bond acceptors (Lipinski definition) is 4. The highest BCUT2D eigenvalue weighted by Crippen LogP contribution is 2.22. The first-order valence-electron chi connectivity index (χ1n) is 9.45. The summed E-state index contributed by atoms with van der Waals surface area (Å²) >= 11 is 0. The molecular formula is C21H28N4O2. The first kappa shape index (κ1) is 19.3. The molecule has 0 aliphatic carbocycles. The van der Waals surface area contributed by atoms with Crippen LogP contribution in [0, 0.1) is 6.92 Å². The predicted molar refractivity (Wildman–Crippen MR) is 107 cm³/mol. The summed E-state index contributed by atoms with van der Waals surface area (Å²) in [5, 5.41) is 7.43. The van der Waals surface area contributed by atoms with Crippen molar-refractivity contribution in [2.75, 3.05) is 39.9 Å². The highest BCUT2D eigenvalue weighted by atomic mass is 16.5. The lowest BCUT2D eigenvalue weighted by atomic mass is 10.0. The van der Waals surface area contributed by atoms with E-state index in [0.717, 1.165) is 37.2 Å². The number of amides is 1. The Labute approximate surface area is 160 Å². The Morgan fingerprint density at radius 3 is 2.81 bits per heavy atom. The molecule has 0 spiro atoms. The molecule has 2 heterocycles. The Morgan fingerprint density at radius 1 is 1.30 bits per heavy atom. The summed E-state index contributed by atoms with van der Waals surface area (Å²) in [6, 6.07) is 8.34. The first-order chi connectivity index (χ1) is 13.2. The average Bonchev–Trinajstić information content (AvgIpc) is 3.17. The van der Waals surface area contributed by atoms with Gasteiger partial charge in [-0.3, -0.25) is 9.69 Å². The van der Waals surface area contributed by atoms with Gasteiger partial charge >= 0.3 is 0 Å². The molecule has 6 nitrogen and oxygen atoms in total. The third kappa shape index (κ3) is 5.52. The van der Waals surface area contributed by atoms with Crippen molar-refractivity contribution in [3.05, 3.63) is 53.9 Å². The molecule has 0 unspecified atom stereocenters. The number of methoxy groups -OCH3 is 1. The molecule has 1 aliphatic rings. The van der Waals surface area contributed by atoms with Crippen molar-refractivity contribution < 1.29 is 9.53 Å². The third-order valence-electron chi connectivity index (χ3n) is 4.76. The van der Waals surface area contributed by atoms with E-state index in [0.29, 0.717) is 19.7 Å². The molecule has 0 bridgehead atoms. The largest absolute Gasteiger partial charge is 0.385 e. The number of benzene rings is 1. The Morgan fingerprint density at radius 2 is 2.11 bits per heavy atom. The molecule has 0 saturated heterocycles. The fourth-order valence-corrected chi connectivity index (χ4v) is 3.15. The van der Waals surface area contributed by atoms with Gasteiger partial charge in [-0.15, -0.1) is 0 Å². The van der Waals surface area contributed by atoms with E-state index in [1.165, 1.54) is 11.1 Å². The summed E-state index contributed by atoms with van der Waals surface area (Å²) in [4.78, 5) is 14.1. The lowest BCUT2D eigenvalue weighted by molar-refractivity contribution is -0.122. The zero-order valence-electron chi connectivity index (χ0n) is 16.1. The second-order valence-corrected chi connectivity index (χ2v) is 6.92. The van der Waals surface area contributed by atoms with E-state index in [9.17, 15) is 4.79 Å². The Kier molecular flexibility index (Phi) is 6.79. The molecule has 2 aromatic rings. The van der Waals surface area contributed by atoms with Crippen LogP contribution in [-0.2, 0) is 9.53 Å². The fourth-order valence-electron chi connectivity index (χ4n) is 3.15. The highest BCUT2D eigenvalue weighted by molar-refractivity contribution is 5.78. The maximum Gasteiger partial charge on any atom is 0.234 e. The van der Waals surface area contributed by atoms with Gasteiger partial charge in [-0.1, -0.05) is 23.8 Å². The quantitative estimate of drug-likeness (QED) is 0.727. The van der Waals surface area contributed by atoms with Gasteiger partial charge in [0.25, 0.3) is 0 Å². The van der Waals surface area contributed by atoms with Crippen LogP contribution in [0.1, 0.15) is 24.0 Å². The number of aryl methyl sites for hydroxylation is 1. The standard InChI is InChI=1S/C21H28N4O2/c1-17-4-6-20(7-5-17)25-15-19(14-23-25)18-8-11-24(12-9-18)16-21(26)22-10-3-13-27-2/h4-8,14-15H,3,9-13,16H2,1-2H3,(H,22,26).